The Morgan fingerprint density at radius 3 is 3.06 bits per heavy atom. The fourth-order valence-electron chi connectivity index (χ4n) is 3.62. The Hall–Kier alpha value is -0.540. The van der Waals surface area contributed by atoms with E-state index >= 15 is 0 Å². The number of fused-ring (bicyclic) bond motifs is 2. The van der Waals surface area contributed by atoms with Crippen LogP contribution in [0.25, 0.3) is 0 Å². The highest BCUT2D eigenvalue weighted by molar-refractivity contribution is 8.93. The Morgan fingerprint density at radius 1 is 1.33 bits per heavy atom. The van der Waals surface area contributed by atoms with Crippen LogP contribution in [0.5, 0.6) is 5.75 Å². The molecule has 2 nitrogen and oxygen atoms in total. The zero-order valence-corrected chi connectivity index (χ0v) is 12.7. The van der Waals surface area contributed by atoms with E-state index in [-0.39, 0.29) is 17.0 Å². The fraction of sp³-hybridized carbons (Fsp3) is 0.600. The number of hydrogen-bond acceptors (Lipinski definition) is 2. The van der Waals surface area contributed by atoms with Crippen molar-refractivity contribution in [1.29, 1.82) is 0 Å². The molecule has 1 aromatic carbocycles. The summed E-state index contributed by atoms with van der Waals surface area (Å²) in [6.07, 6.45) is 6.59. The van der Waals surface area contributed by atoms with Gasteiger partial charge in [-0.25, -0.2) is 0 Å². The van der Waals surface area contributed by atoms with Crippen LogP contribution in [0.2, 0.25) is 0 Å². The quantitative estimate of drug-likeness (QED) is 0.903. The molecular formula is C15H22BrNO. The average molecular weight is 312 g/mol. The molecule has 2 fully saturated rings. The summed E-state index contributed by atoms with van der Waals surface area (Å²) in [7, 11) is 1.75. The van der Waals surface area contributed by atoms with Crippen LogP contribution in [0.15, 0.2) is 24.3 Å². The molecule has 0 radical (unpaired) electrons. The van der Waals surface area contributed by atoms with Crippen molar-refractivity contribution in [1.82, 2.24) is 5.32 Å². The van der Waals surface area contributed by atoms with Crippen molar-refractivity contribution in [2.24, 2.45) is 0 Å². The first-order valence-corrected chi connectivity index (χ1v) is 6.70. The van der Waals surface area contributed by atoms with Crippen molar-refractivity contribution in [3.05, 3.63) is 29.8 Å². The first-order chi connectivity index (χ1) is 8.32. The summed E-state index contributed by atoms with van der Waals surface area (Å²) in [5.41, 5.74) is 1.91. The minimum absolute atomic E-state index is 0. The highest BCUT2D eigenvalue weighted by Gasteiger charge is 2.41. The molecule has 100 valence electrons. The standard InChI is InChI=1S/C15H21NO.BrH/c1-17-14-5-2-4-12(10-14)15-7-3-9-16-13(11-15)6-8-15;/h2,4-5,10,13,16H,3,6-9,11H2,1H3;1H. The van der Waals surface area contributed by atoms with Crippen molar-refractivity contribution >= 4 is 17.0 Å². The molecule has 3 heteroatoms. The first kappa shape index (κ1) is 13.9. The van der Waals surface area contributed by atoms with E-state index in [4.69, 9.17) is 4.74 Å². The second-order valence-electron chi connectivity index (χ2n) is 5.51. The lowest BCUT2D eigenvalue weighted by atomic mass is 9.75. The Labute approximate surface area is 120 Å². The second kappa shape index (κ2) is 5.62. The van der Waals surface area contributed by atoms with Crippen molar-refractivity contribution in [2.75, 3.05) is 13.7 Å². The SMILES string of the molecule is Br.COc1cccc(C23CCCNC(CC2)C3)c1. The molecule has 0 amide bonds. The van der Waals surface area contributed by atoms with Crippen LogP contribution in [0.1, 0.15) is 37.7 Å². The van der Waals surface area contributed by atoms with E-state index in [1.54, 1.807) is 7.11 Å². The largest absolute Gasteiger partial charge is 0.497 e. The topological polar surface area (TPSA) is 21.3 Å². The van der Waals surface area contributed by atoms with Gasteiger partial charge in [0.05, 0.1) is 7.11 Å². The Kier molecular flexibility index (Phi) is 4.33. The summed E-state index contributed by atoms with van der Waals surface area (Å²) < 4.78 is 5.36. The molecule has 1 aliphatic heterocycles. The van der Waals surface area contributed by atoms with E-state index in [0.717, 1.165) is 11.8 Å². The number of rotatable bonds is 2. The lowest BCUT2D eigenvalue weighted by Gasteiger charge is -2.29. The van der Waals surface area contributed by atoms with Gasteiger partial charge in [0, 0.05) is 6.04 Å². The van der Waals surface area contributed by atoms with Crippen molar-refractivity contribution in [3.8, 4) is 5.75 Å². The van der Waals surface area contributed by atoms with E-state index in [1.165, 1.54) is 44.2 Å². The third-order valence-corrected chi connectivity index (χ3v) is 4.56. The van der Waals surface area contributed by atoms with Crippen molar-refractivity contribution in [2.45, 2.75) is 43.6 Å². The predicted molar refractivity (Wildman–Crippen MR) is 79.9 cm³/mol. The van der Waals surface area contributed by atoms with E-state index in [2.05, 4.69) is 23.5 Å². The smallest absolute Gasteiger partial charge is 0.119 e. The Balaban J connectivity index is 0.00000120. The molecule has 0 aromatic heterocycles. The molecule has 2 aliphatic rings. The van der Waals surface area contributed by atoms with Gasteiger partial charge in [0.2, 0.25) is 0 Å². The number of ether oxygens (including phenoxy) is 1. The van der Waals surface area contributed by atoms with Crippen LogP contribution < -0.4 is 10.1 Å². The first-order valence-electron chi connectivity index (χ1n) is 6.70. The maximum atomic E-state index is 5.36. The molecule has 18 heavy (non-hydrogen) atoms. The van der Waals surface area contributed by atoms with Gasteiger partial charge < -0.3 is 10.1 Å². The predicted octanol–water partition coefficient (Wildman–Crippen LogP) is 3.45. The number of hydrogen-bond donors (Lipinski definition) is 1. The van der Waals surface area contributed by atoms with Crippen LogP contribution in [0, 0.1) is 0 Å². The molecule has 0 spiro atoms. The summed E-state index contributed by atoms with van der Waals surface area (Å²) in [6.45, 7) is 1.19. The van der Waals surface area contributed by atoms with Gasteiger partial charge in [0.15, 0.2) is 0 Å². The molecule has 1 N–H and O–H groups in total. The minimum atomic E-state index is 0. The van der Waals surface area contributed by atoms with Gasteiger partial charge in [-0.15, -0.1) is 17.0 Å². The maximum absolute atomic E-state index is 5.36. The van der Waals surface area contributed by atoms with Gasteiger partial charge in [-0.05, 0) is 61.8 Å². The molecule has 3 rings (SSSR count). The Morgan fingerprint density at radius 2 is 2.22 bits per heavy atom. The highest BCUT2D eigenvalue weighted by atomic mass is 79.9. The molecule has 2 atom stereocenters. The number of halogens is 1. The lowest BCUT2D eigenvalue weighted by Crippen LogP contribution is -2.26. The molecule has 2 unspecified atom stereocenters. The minimum Gasteiger partial charge on any atom is -0.497 e. The van der Waals surface area contributed by atoms with Gasteiger partial charge in [-0.2, -0.15) is 0 Å². The lowest BCUT2D eigenvalue weighted by molar-refractivity contribution is 0.393. The monoisotopic (exact) mass is 311 g/mol. The zero-order chi connectivity index (χ0) is 11.7. The molecule has 1 saturated heterocycles. The maximum Gasteiger partial charge on any atom is 0.119 e. The molecular weight excluding hydrogens is 290 g/mol. The van der Waals surface area contributed by atoms with Crippen LogP contribution in [0.3, 0.4) is 0 Å². The third kappa shape index (κ3) is 2.43. The normalized spacial score (nSPS) is 30.4. The molecule has 1 aromatic rings. The Bertz CT molecular complexity index is 409. The van der Waals surface area contributed by atoms with E-state index < -0.39 is 0 Å². The average Bonchev–Trinajstić information content (AvgIpc) is 2.65. The number of benzene rings is 1. The van der Waals surface area contributed by atoms with Gasteiger partial charge in [-0.3, -0.25) is 0 Å². The summed E-state index contributed by atoms with van der Waals surface area (Å²) >= 11 is 0. The molecule has 2 bridgehead atoms. The molecule has 1 aliphatic carbocycles. The number of methoxy groups -OCH3 is 1. The van der Waals surface area contributed by atoms with E-state index in [9.17, 15) is 0 Å². The molecule has 1 saturated carbocycles. The van der Waals surface area contributed by atoms with Gasteiger partial charge in [0.25, 0.3) is 0 Å². The number of nitrogens with one attached hydrogen (secondary N) is 1. The van der Waals surface area contributed by atoms with Gasteiger partial charge in [0.1, 0.15) is 5.75 Å². The van der Waals surface area contributed by atoms with E-state index in [0.29, 0.717) is 5.41 Å². The summed E-state index contributed by atoms with van der Waals surface area (Å²) in [4.78, 5) is 0. The summed E-state index contributed by atoms with van der Waals surface area (Å²) in [6, 6.07) is 9.45. The fourth-order valence-corrected chi connectivity index (χ4v) is 3.62. The third-order valence-electron chi connectivity index (χ3n) is 4.56. The second-order valence-corrected chi connectivity index (χ2v) is 5.51. The summed E-state index contributed by atoms with van der Waals surface area (Å²) in [5.74, 6) is 0.998. The summed E-state index contributed by atoms with van der Waals surface area (Å²) in [5, 5.41) is 3.66. The van der Waals surface area contributed by atoms with Gasteiger partial charge >= 0.3 is 0 Å². The van der Waals surface area contributed by atoms with Crippen LogP contribution in [-0.4, -0.2) is 19.7 Å². The van der Waals surface area contributed by atoms with Crippen molar-refractivity contribution in [3.63, 3.8) is 0 Å². The van der Waals surface area contributed by atoms with Crippen LogP contribution in [0.4, 0.5) is 0 Å². The van der Waals surface area contributed by atoms with E-state index in [1.807, 2.05) is 6.07 Å². The van der Waals surface area contributed by atoms with Crippen LogP contribution in [-0.2, 0) is 5.41 Å². The molecule has 1 heterocycles. The van der Waals surface area contributed by atoms with Crippen LogP contribution >= 0.6 is 17.0 Å². The zero-order valence-electron chi connectivity index (χ0n) is 10.9. The highest BCUT2D eigenvalue weighted by Crippen LogP contribution is 2.46. The van der Waals surface area contributed by atoms with Gasteiger partial charge in [-0.1, -0.05) is 12.1 Å². The van der Waals surface area contributed by atoms with Crippen molar-refractivity contribution < 1.29 is 4.74 Å².